The van der Waals surface area contributed by atoms with Gasteiger partial charge in [0.1, 0.15) is 11.9 Å². The number of benzene rings is 2. The van der Waals surface area contributed by atoms with Crippen molar-refractivity contribution in [2.75, 3.05) is 23.7 Å². The molecule has 0 saturated carbocycles. The van der Waals surface area contributed by atoms with Crippen LogP contribution in [0.2, 0.25) is 0 Å². The van der Waals surface area contributed by atoms with Gasteiger partial charge in [0.05, 0.1) is 11.9 Å². The average molecular weight is 492 g/mol. The standard InChI is InChI=1S/C25H34FN3O4S/c1-4-17-27-25(31)22(5-2)28(19-20-12-7-6-8-13-20)24(30)16-11-18-29(34(3,32)33)23-15-10-9-14-21(23)26/h6-10,12-15,22H,4-5,11,16-19H2,1-3H3,(H,27,31)/t22-/m0/s1. The molecule has 7 nitrogen and oxygen atoms in total. The molecule has 0 aliphatic carbocycles. The molecule has 9 heteroatoms. The van der Waals surface area contributed by atoms with Crippen molar-refractivity contribution in [3.05, 3.63) is 66.0 Å². The molecule has 0 aromatic heterocycles. The van der Waals surface area contributed by atoms with Gasteiger partial charge in [-0.15, -0.1) is 0 Å². The highest BCUT2D eigenvalue weighted by molar-refractivity contribution is 7.92. The van der Waals surface area contributed by atoms with Gasteiger partial charge in [0.25, 0.3) is 0 Å². The summed E-state index contributed by atoms with van der Waals surface area (Å²) in [5.74, 6) is -1.12. The lowest BCUT2D eigenvalue weighted by Crippen LogP contribution is -2.49. The number of amides is 2. The van der Waals surface area contributed by atoms with E-state index in [-0.39, 0.29) is 43.4 Å². The third-order valence-corrected chi connectivity index (χ3v) is 6.58. The van der Waals surface area contributed by atoms with Crippen LogP contribution in [0.1, 0.15) is 45.1 Å². The van der Waals surface area contributed by atoms with Gasteiger partial charge in [-0.2, -0.15) is 0 Å². The number of anilines is 1. The minimum absolute atomic E-state index is 0.0187. The minimum atomic E-state index is -3.75. The zero-order valence-electron chi connectivity index (χ0n) is 20.0. The molecule has 0 fully saturated rings. The van der Waals surface area contributed by atoms with Crippen molar-refractivity contribution in [2.24, 2.45) is 0 Å². The number of nitrogens with one attached hydrogen (secondary N) is 1. The Hall–Kier alpha value is -2.94. The third kappa shape index (κ3) is 7.83. The van der Waals surface area contributed by atoms with Crippen molar-refractivity contribution in [3.8, 4) is 0 Å². The van der Waals surface area contributed by atoms with Crippen LogP contribution in [0.25, 0.3) is 0 Å². The van der Waals surface area contributed by atoms with Crippen LogP contribution in [0.5, 0.6) is 0 Å². The summed E-state index contributed by atoms with van der Waals surface area (Å²) in [6.45, 7) is 4.54. The van der Waals surface area contributed by atoms with Gasteiger partial charge in [-0.05, 0) is 37.0 Å². The van der Waals surface area contributed by atoms with E-state index in [9.17, 15) is 22.4 Å². The predicted octanol–water partition coefficient (Wildman–Crippen LogP) is 3.71. The summed E-state index contributed by atoms with van der Waals surface area (Å²) in [5, 5.41) is 2.86. The van der Waals surface area contributed by atoms with E-state index in [4.69, 9.17) is 0 Å². The maximum Gasteiger partial charge on any atom is 0.242 e. The fourth-order valence-electron chi connectivity index (χ4n) is 3.70. The second-order valence-electron chi connectivity index (χ2n) is 8.11. The summed E-state index contributed by atoms with van der Waals surface area (Å²) in [4.78, 5) is 27.6. The quantitative estimate of drug-likeness (QED) is 0.463. The van der Waals surface area contributed by atoms with Crippen molar-refractivity contribution < 1.29 is 22.4 Å². The molecule has 34 heavy (non-hydrogen) atoms. The number of nitrogens with zero attached hydrogens (tertiary/aromatic N) is 2. The molecule has 0 bridgehead atoms. The van der Waals surface area contributed by atoms with Crippen molar-refractivity contribution in [3.63, 3.8) is 0 Å². The molecule has 2 aromatic carbocycles. The fourth-order valence-corrected chi connectivity index (χ4v) is 4.67. The predicted molar refractivity (Wildman–Crippen MR) is 132 cm³/mol. The van der Waals surface area contributed by atoms with Crippen LogP contribution >= 0.6 is 0 Å². The Kier molecular flexibility index (Phi) is 10.5. The number of para-hydroxylation sites is 1. The first-order valence-corrected chi connectivity index (χ1v) is 13.4. The molecular weight excluding hydrogens is 457 g/mol. The van der Waals surface area contributed by atoms with Crippen LogP contribution in [-0.2, 0) is 26.2 Å². The zero-order chi connectivity index (χ0) is 25.1. The molecular formula is C25H34FN3O4S. The molecule has 2 aromatic rings. The number of carbonyl (C=O) groups is 2. The molecule has 0 aliphatic heterocycles. The summed E-state index contributed by atoms with van der Waals surface area (Å²) in [6.07, 6.45) is 2.43. The highest BCUT2D eigenvalue weighted by atomic mass is 32.2. The summed E-state index contributed by atoms with van der Waals surface area (Å²) in [5.41, 5.74) is 0.839. The van der Waals surface area contributed by atoms with Crippen molar-refractivity contribution in [2.45, 2.75) is 52.1 Å². The summed E-state index contributed by atoms with van der Waals surface area (Å²) in [6, 6.07) is 14.4. The average Bonchev–Trinajstić information content (AvgIpc) is 2.80. The van der Waals surface area contributed by atoms with E-state index in [0.29, 0.717) is 13.0 Å². The second-order valence-corrected chi connectivity index (χ2v) is 10.0. The number of rotatable bonds is 13. The van der Waals surface area contributed by atoms with Crippen molar-refractivity contribution >= 4 is 27.5 Å². The number of hydrogen-bond donors (Lipinski definition) is 1. The second kappa shape index (κ2) is 13.1. The van der Waals surface area contributed by atoms with Gasteiger partial charge in [-0.3, -0.25) is 13.9 Å². The van der Waals surface area contributed by atoms with E-state index in [1.165, 1.54) is 18.2 Å². The van der Waals surface area contributed by atoms with Crippen LogP contribution in [0.4, 0.5) is 10.1 Å². The Balaban J connectivity index is 2.18. The first-order chi connectivity index (χ1) is 16.2. The van der Waals surface area contributed by atoms with Gasteiger partial charge in [-0.1, -0.05) is 56.3 Å². The Morgan fingerprint density at radius 3 is 2.26 bits per heavy atom. The fraction of sp³-hybridized carbons (Fsp3) is 0.440. The lowest BCUT2D eigenvalue weighted by Gasteiger charge is -2.31. The van der Waals surface area contributed by atoms with Crippen LogP contribution in [0.15, 0.2) is 54.6 Å². The zero-order valence-corrected chi connectivity index (χ0v) is 20.9. The van der Waals surface area contributed by atoms with Crippen LogP contribution in [0, 0.1) is 5.82 Å². The molecule has 2 amide bonds. The molecule has 1 atom stereocenters. The first-order valence-electron chi connectivity index (χ1n) is 11.5. The van der Waals surface area contributed by atoms with Gasteiger partial charge in [0.2, 0.25) is 21.8 Å². The van der Waals surface area contributed by atoms with Crippen LogP contribution in [-0.4, -0.2) is 50.5 Å². The molecule has 0 radical (unpaired) electrons. The Morgan fingerprint density at radius 1 is 1.03 bits per heavy atom. The lowest BCUT2D eigenvalue weighted by molar-refractivity contribution is -0.141. The van der Waals surface area contributed by atoms with E-state index >= 15 is 0 Å². The van der Waals surface area contributed by atoms with Crippen molar-refractivity contribution in [1.82, 2.24) is 10.2 Å². The van der Waals surface area contributed by atoms with Gasteiger partial charge in [0.15, 0.2) is 0 Å². The molecule has 0 spiro atoms. The van der Waals surface area contributed by atoms with Gasteiger partial charge < -0.3 is 10.2 Å². The minimum Gasteiger partial charge on any atom is -0.354 e. The lowest BCUT2D eigenvalue weighted by atomic mass is 10.1. The molecule has 2 rings (SSSR count). The van der Waals surface area contributed by atoms with E-state index in [1.807, 2.05) is 44.2 Å². The topological polar surface area (TPSA) is 86.8 Å². The van der Waals surface area contributed by atoms with Crippen LogP contribution in [0.3, 0.4) is 0 Å². The molecule has 1 N–H and O–H groups in total. The summed E-state index contributed by atoms with van der Waals surface area (Å²) < 4.78 is 39.8. The SMILES string of the molecule is CCCNC(=O)[C@H](CC)N(Cc1ccccc1)C(=O)CCCN(c1ccccc1F)S(C)(=O)=O. The number of hydrogen-bond acceptors (Lipinski definition) is 4. The Bertz CT molecular complexity index is 1050. The summed E-state index contributed by atoms with van der Waals surface area (Å²) in [7, 11) is -3.75. The molecule has 0 aliphatic rings. The van der Waals surface area contributed by atoms with E-state index in [0.717, 1.165) is 22.5 Å². The van der Waals surface area contributed by atoms with Crippen molar-refractivity contribution in [1.29, 1.82) is 0 Å². The maximum atomic E-state index is 14.2. The smallest absolute Gasteiger partial charge is 0.242 e. The maximum absolute atomic E-state index is 14.2. The highest BCUT2D eigenvalue weighted by Gasteiger charge is 2.28. The van der Waals surface area contributed by atoms with Gasteiger partial charge in [0, 0.05) is 26.1 Å². The Morgan fingerprint density at radius 2 is 1.68 bits per heavy atom. The molecule has 0 heterocycles. The van der Waals surface area contributed by atoms with Gasteiger partial charge in [-0.25, -0.2) is 12.8 Å². The molecule has 0 unspecified atom stereocenters. The first kappa shape index (κ1) is 27.3. The number of halogens is 1. The van der Waals surface area contributed by atoms with Crippen LogP contribution < -0.4 is 9.62 Å². The monoisotopic (exact) mass is 491 g/mol. The summed E-state index contributed by atoms with van der Waals surface area (Å²) >= 11 is 0. The Labute approximate surface area is 202 Å². The largest absolute Gasteiger partial charge is 0.354 e. The van der Waals surface area contributed by atoms with E-state index < -0.39 is 21.9 Å². The number of sulfonamides is 1. The highest BCUT2D eigenvalue weighted by Crippen LogP contribution is 2.22. The van der Waals surface area contributed by atoms with E-state index in [1.54, 1.807) is 11.0 Å². The molecule has 0 saturated heterocycles. The third-order valence-electron chi connectivity index (χ3n) is 5.40. The number of carbonyl (C=O) groups excluding carboxylic acids is 2. The molecule has 186 valence electrons. The normalized spacial score (nSPS) is 12.1. The van der Waals surface area contributed by atoms with Gasteiger partial charge >= 0.3 is 0 Å². The van der Waals surface area contributed by atoms with E-state index in [2.05, 4.69) is 5.32 Å².